The molecule has 184 valence electrons. The Morgan fingerprint density at radius 3 is 1.34 bits per heavy atom. The summed E-state index contributed by atoms with van der Waals surface area (Å²) < 4.78 is 10.0. The SMILES string of the molecule is CC(C)(C)OC(=O)N[C@@H]1C[C@H](CO)NC1=O.CC(C)(C)OC(=O)N[C@H]1C[C@@H](CO)NC1=O. The number of hydrogen-bond donors (Lipinski definition) is 6. The van der Waals surface area contributed by atoms with E-state index in [9.17, 15) is 19.2 Å². The van der Waals surface area contributed by atoms with E-state index in [1.807, 2.05) is 0 Å². The van der Waals surface area contributed by atoms with E-state index >= 15 is 0 Å². The lowest BCUT2D eigenvalue weighted by Crippen LogP contribution is -2.42. The molecule has 0 saturated carbocycles. The number of carbonyl (C=O) groups is 4. The molecular weight excluding hydrogens is 424 g/mol. The zero-order valence-electron chi connectivity index (χ0n) is 19.5. The smallest absolute Gasteiger partial charge is 0.408 e. The summed E-state index contributed by atoms with van der Waals surface area (Å²) in [5.74, 6) is -0.574. The average Bonchev–Trinajstić information content (AvgIpc) is 3.14. The minimum absolute atomic E-state index is 0.127. The monoisotopic (exact) mass is 460 g/mol. The van der Waals surface area contributed by atoms with E-state index < -0.39 is 35.5 Å². The van der Waals surface area contributed by atoms with Gasteiger partial charge >= 0.3 is 12.2 Å². The van der Waals surface area contributed by atoms with Crippen molar-refractivity contribution in [3.8, 4) is 0 Å². The van der Waals surface area contributed by atoms with E-state index in [0.717, 1.165) is 0 Å². The summed E-state index contributed by atoms with van der Waals surface area (Å²) in [4.78, 5) is 45.5. The highest BCUT2D eigenvalue weighted by molar-refractivity contribution is 5.88. The number of aliphatic hydroxyl groups excluding tert-OH is 2. The summed E-state index contributed by atoms with van der Waals surface area (Å²) in [7, 11) is 0. The Labute approximate surface area is 187 Å². The molecule has 0 radical (unpaired) electrons. The summed E-state index contributed by atoms with van der Waals surface area (Å²) in [5.41, 5.74) is -1.18. The van der Waals surface area contributed by atoms with Crippen LogP contribution in [0, 0.1) is 0 Å². The maximum atomic E-state index is 11.4. The lowest BCUT2D eigenvalue weighted by atomic mass is 10.2. The van der Waals surface area contributed by atoms with Gasteiger partial charge in [0.25, 0.3) is 0 Å². The highest BCUT2D eigenvalue weighted by Crippen LogP contribution is 2.12. The molecule has 4 atom stereocenters. The van der Waals surface area contributed by atoms with Crippen molar-refractivity contribution < 1.29 is 38.9 Å². The number of alkyl carbamates (subject to hydrolysis) is 2. The molecule has 2 rings (SSSR count). The van der Waals surface area contributed by atoms with E-state index in [-0.39, 0.29) is 37.1 Å². The standard InChI is InChI=1S/2C10H18N2O4/c2*1-10(2,3)16-9(15)12-7-4-6(5-13)11-8(7)14/h2*6-7,13H,4-5H2,1-3H3,(H,11,14)(H,12,15)/t2*6-,7-/m10/s1. The van der Waals surface area contributed by atoms with Crippen LogP contribution in [0.3, 0.4) is 0 Å². The van der Waals surface area contributed by atoms with Gasteiger partial charge in [0.05, 0.1) is 25.3 Å². The van der Waals surface area contributed by atoms with Gasteiger partial charge in [0.15, 0.2) is 0 Å². The summed E-state index contributed by atoms with van der Waals surface area (Å²) in [6.45, 7) is 10.2. The van der Waals surface area contributed by atoms with Crippen LogP contribution in [0.15, 0.2) is 0 Å². The van der Waals surface area contributed by atoms with Gasteiger partial charge in [-0.1, -0.05) is 0 Å². The minimum Gasteiger partial charge on any atom is -0.444 e. The molecule has 0 spiro atoms. The molecule has 2 fully saturated rings. The van der Waals surface area contributed by atoms with Crippen LogP contribution in [0.25, 0.3) is 0 Å². The predicted octanol–water partition coefficient (Wildman–Crippen LogP) is -0.479. The second kappa shape index (κ2) is 11.3. The third kappa shape index (κ3) is 10.1. The number of rotatable bonds is 4. The number of hydrogen-bond acceptors (Lipinski definition) is 8. The van der Waals surface area contributed by atoms with Crippen LogP contribution in [0.1, 0.15) is 54.4 Å². The van der Waals surface area contributed by atoms with Crippen molar-refractivity contribution in [2.75, 3.05) is 13.2 Å². The van der Waals surface area contributed by atoms with Crippen molar-refractivity contribution in [3.63, 3.8) is 0 Å². The van der Waals surface area contributed by atoms with Gasteiger partial charge in [-0.25, -0.2) is 9.59 Å². The quantitative estimate of drug-likeness (QED) is 0.326. The van der Waals surface area contributed by atoms with Gasteiger partial charge in [-0.05, 0) is 54.4 Å². The van der Waals surface area contributed by atoms with E-state index in [1.165, 1.54) is 0 Å². The van der Waals surface area contributed by atoms with Crippen molar-refractivity contribution in [2.24, 2.45) is 0 Å². The molecule has 0 aliphatic carbocycles. The Morgan fingerprint density at radius 2 is 1.12 bits per heavy atom. The molecule has 0 aromatic rings. The molecule has 2 aliphatic heterocycles. The molecule has 12 heteroatoms. The second-order valence-corrected chi connectivity index (χ2v) is 9.65. The van der Waals surface area contributed by atoms with Crippen LogP contribution in [0.4, 0.5) is 9.59 Å². The Balaban J connectivity index is 0.000000320. The van der Waals surface area contributed by atoms with Crippen molar-refractivity contribution in [1.29, 1.82) is 0 Å². The third-order valence-corrected chi connectivity index (χ3v) is 4.19. The molecule has 0 unspecified atom stereocenters. The number of nitrogens with one attached hydrogen (secondary N) is 4. The highest BCUT2D eigenvalue weighted by atomic mass is 16.6. The molecule has 0 bridgehead atoms. The van der Waals surface area contributed by atoms with E-state index in [4.69, 9.17) is 19.7 Å². The van der Waals surface area contributed by atoms with Gasteiger partial charge < -0.3 is 41.0 Å². The molecule has 6 N–H and O–H groups in total. The lowest BCUT2D eigenvalue weighted by molar-refractivity contribution is -0.121. The fourth-order valence-corrected chi connectivity index (χ4v) is 2.89. The lowest BCUT2D eigenvalue weighted by Gasteiger charge is -2.21. The molecule has 12 nitrogen and oxygen atoms in total. The number of carbonyl (C=O) groups excluding carboxylic acids is 4. The maximum absolute atomic E-state index is 11.4. The fraction of sp³-hybridized carbons (Fsp3) is 0.800. The van der Waals surface area contributed by atoms with Crippen molar-refractivity contribution in [3.05, 3.63) is 0 Å². The van der Waals surface area contributed by atoms with E-state index in [0.29, 0.717) is 12.8 Å². The van der Waals surface area contributed by atoms with Gasteiger partial charge in [0.1, 0.15) is 23.3 Å². The van der Waals surface area contributed by atoms with Gasteiger partial charge in [-0.2, -0.15) is 0 Å². The summed E-state index contributed by atoms with van der Waals surface area (Å²) in [5, 5.41) is 27.8. The molecular formula is C20H36N4O8. The average molecular weight is 461 g/mol. The molecule has 0 aromatic heterocycles. The first-order valence-corrected chi connectivity index (χ1v) is 10.4. The van der Waals surface area contributed by atoms with Gasteiger partial charge in [0.2, 0.25) is 11.8 Å². The van der Waals surface area contributed by atoms with Crippen molar-refractivity contribution >= 4 is 24.0 Å². The largest absolute Gasteiger partial charge is 0.444 e. The predicted molar refractivity (Wildman–Crippen MR) is 114 cm³/mol. The first-order valence-electron chi connectivity index (χ1n) is 10.4. The maximum Gasteiger partial charge on any atom is 0.408 e. The molecule has 2 aliphatic rings. The van der Waals surface area contributed by atoms with Gasteiger partial charge in [-0.15, -0.1) is 0 Å². The third-order valence-electron chi connectivity index (χ3n) is 4.19. The van der Waals surface area contributed by atoms with Crippen LogP contribution < -0.4 is 21.3 Å². The topological polar surface area (TPSA) is 175 Å². The first kappa shape index (κ1) is 27.4. The summed E-state index contributed by atoms with van der Waals surface area (Å²) in [6.07, 6.45) is -0.471. The van der Waals surface area contributed by atoms with Gasteiger partial charge in [0, 0.05) is 0 Å². The Morgan fingerprint density at radius 1 is 0.812 bits per heavy atom. The first-order chi connectivity index (χ1) is 14.6. The normalized spacial score (nSPS) is 25.1. The van der Waals surface area contributed by atoms with Crippen LogP contribution in [0.2, 0.25) is 0 Å². The minimum atomic E-state index is -0.619. The summed E-state index contributed by atoms with van der Waals surface area (Å²) >= 11 is 0. The molecule has 2 saturated heterocycles. The van der Waals surface area contributed by atoms with Crippen LogP contribution in [-0.2, 0) is 19.1 Å². The van der Waals surface area contributed by atoms with Gasteiger partial charge in [-0.3, -0.25) is 9.59 Å². The zero-order valence-corrected chi connectivity index (χ0v) is 19.5. The molecule has 4 amide bonds. The molecule has 32 heavy (non-hydrogen) atoms. The number of amides is 4. The number of aliphatic hydroxyl groups is 2. The second-order valence-electron chi connectivity index (χ2n) is 9.65. The molecule has 0 aromatic carbocycles. The van der Waals surface area contributed by atoms with E-state index in [1.54, 1.807) is 41.5 Å². The summed E-state index contributed by atoms with van der Waals surface area (Å²) in [6, 6.07) is -1.81. The Bertz CT molecular complexity index is 628. The fourth-order valence-electron chi connectivity index (χ4n) is 2.89. The molecule has 2 heterocycles. The van der Waals surface area contributed by atoms with Crippen molar-refractivity contribution in [2.45, 2.75) is 89.8 Å². The van der Waals surface area contributed by atoms with Crippen LogP contribution >= 0.6 is 0 Å². The van der Waals surface area contributed by atoms with Crippen molar-refractivity contribution in [1.82, 2.24) is 21.3 Å². The van der Waals surface area contributed by atoms with Crippen LogP contribution in [0.5, 0.6) is 0 Å². The Hall–Kier alpha value is -2.60. The number of ether oxygens (including phenoxy) is 2. The zero-order chi connectivity index (χ0) is 24.7. The Kier molecular flexibility index (Phi) is 9.70. The van der Waals surface area contributed by atoms with E-state index in [2.05, 4.69) is 21.3 Å². The highest BCUT2D eigenvalue weighted by Gasteiger charge is 2.34. The van der Waals surface area contributed by atoms with Crippen LogP contribution in [-0.4, -0.2) is 82.8 Å².